The number of rotatable bonds is 4. The van der Waals surface area contributed by atoms with Crippen molar-refractivity contribution in [3.63, 3.8) is 0 Å². The lowest BCUT2D eigenvalue weighted by atomic mass is 9.96. The lowest BCUT2D eigenvalue weighted by Gasteiger charge is -2.43. The smallest absolute Gasteiger partial charge is 0.0945 e. The average molecular weight is 263 g/mol. The Labute approximate surface area is 116 Å². The zero-order chi connectivity index (χ0) is 13.9. The Morgan fingerprint density at radius 3 is 2.58 bits per heavy atom. The highest BCUT2D eigenvalue weighted by Gasteiger charge is 2.33. The summed E-state index contributed by atoms with van der Waals surface area (Å²) in [6.45, 7) is 8.87. The van der Waals surface area contributed by atoms with Gasteiger partial charge in [0.15, 0.2) is 0 Å². The van der Waals surface area contributed by atoms with Crippen molar-refractivity contribution in [2.24, 2.45) is 0 Å². The van der Waals surface area contributed by atoms with E-state index < -0.39 is 6.10 Å². The van der Waals surface area contributed by atoms with Crippen LogP contribution in [-0.2, 0) is 4.74 Å². The van der Waals surface area contributed by atoms with Gasteiger partial charge in [-0.2, -0.15) is 0 Å². The van der Waals surface area contributed by atoms with E-state index in [0.29, 0.717) is 0 Å². The second kappa shape index (κ2) is 6.04. The molecule has 1 N–H and O–H groups in total. The summed E-state index contributed by atoms with van der Waals surface area (Å²) in [5.41, 5.74) is 0.876. The molecule has 0 amide bonds. The van der Waals surface area contributed by atoms with Crippen LogP contribution in [0.2, 0.25) is 0 Å². The van der Waals surface area contributed by atoms with Crippen molar-refractivity contribution < 1.29 is 9.84 Å². The van der Waals surface area contributed by atoms with Gasteiger partial charge in [0.05, 0.1) is 18.3 Å². The minimum absolute atomic E-state index is 0.123. The van der Waals surface area contributed by atoms with E-state index in [1.807, 2.05) is 30.3 Å². The van der Waals surface area contributed by atoms with Crippen LogP contribution in [0, 0.1) is 0 Å². The van der Waals surface area contributed by atoms with E-state index in [0.717, 1.165) is 31.7 Å². The molecule has 1 saturated heterocycles. The van der Waals surface area contributed by atoms with Gasteiger partial charge in [0, 0.05) is 19.1 Å². The molecule has 2 atom stereocenters. The largest absolute Gasteiger partial charge is 0.387 e. The van der Waals surface area contributed by atoms with Crippen molar-refractivity contribution in [3.05, 3.63) is 35.9 Å². The molecule has 0 radical (unpaired) electrons. The Bertz CT molecular complexity index is 391. The molecule has 19 heavy (non-hydrogen) atoms. The van der Waals surface area contributed by atoms with Gasteiger partial charge >= 0.3 is 0 Å². The fraction of sp³-hybridized carbons (Fsp3) is 0.625. The predicted molar refractivity (Wildman–Crippen MR) is 77.1 cm³/mol. The van der Waals surface area contributed by atoms with Gasteiger partial charge in [-0.05, 0) is 25.8 Å². The maximum absolute atomic E-state index is 10.6. The second-order valence-corrected chi connectivity index (χ2v) is 5.91. The van der Waals surface area contributed by atoms with E-state index in [-0.39, 0.29) is 11.6 Å². The number of aliphatic hydroxyl groups excluding tert-OH is 1. The predicted octanol–water partition coefficient (Wildman–Crippen LogP) is 2.61. The van der Waals surface area contributed by atoms with E-state index >= 15 is 0 Å². The van der Waals surface area contributed by atoms with Crippen molar-refractivity contribution in [3.8, 4) is 0 Å². The van der Waals surface area contributed by atoms with Crippen LogP contribution in [0.15, 0.2) is 30.3 Å². The monoisotopic (exact) mass is 263 g/mol. The van der Waals surface area contributed by atoms with Crippen LogP contribution in [-0.4, -0.2) is 41.3 Å². The quantitative estimate of drug-likeness (QED) is 0.906. The van der Waals surface area contributed by atoms with E-state index in [1.54, 1.807) is 0 Å². The molecule has 2 rings (SSSR count). The molecule has 3 heteroatoms. The maximum atomic E-state index is 10.6. The van der Waals surface area contributed by atoms with Gasteiger partial charge in [0.2, 0.25) is 0 Å². The number of morpholine rings is 1. The molecule has 0 spiro atoms. The number of hydrogen-bond donors (Lipinski definition) is 1. The lowest BCUT2D eigenvalue weighted by molar-refractivity contribution is -0.111. The van der Waals surface area contributed by atoms with E-state index in [1.165, 1.54) is 0 Å². The molecule has 106 valence electrons. The molecule has 2 unspecified atom stereocenters. The molecule has 1 aliphatic heterocycles. The Morgan fingerprint density at radius 2 is 2.00 bits per heavy atom. The maximum Gasteiger partial charge on any atom is 0.0945 e. The highest BCUT2D eigenvalue weighted by Crippen LogP contribution is 2.27. The summed E-state index contributed by atoms with van der Waals surface area (Å²) in [6.07, 6.45) is 0.506. The van der Waals surface area contributed by atoms with Gasteiger partial charge < -0.3 is 9.84 Å². The Hall–Kier alpha value is -0.900. The number of hydrogen-bond acceptors (Lipinski definition) is 3. The Morgan fingerprint density at radius 1 is 1.32 bits per heavy atom. The Balaban J connectivity index is 2.11. The summed E-state index contributed by atoms with van der Waals surface area (Å²) < 4.78 is 5.75. The van der Waals surface area contributed by atoms with E-state index in [9.17, 15) is 5.11 Å². The third-order valence-electron chi connectivity index (χ3n) is 3.85. The molecule has 0 aromatic heterocycles. The van der Waals surface area contributed by atoms with Crippen LogP contribution in [0.25, 0.3) is 0 Å². The second-order valence-electron chi connectivity index (χ2n) is 5.91. The van der Waals surface area contributed by atoms with Crippen molar-refractivity contribution >= 4 is 0 Å². The van der Waals surface area contributed by atoms with Crippen molar-refractivity contribution in [1.82, 2.24) is 4.90 Å². The average Bonchev–Trinajstić information content (AvgIpc) is 2.39. The van der Waals surface area contributed by atoms with Gasteiger partial charge in [0.25, 0.3) is 0 Å². The molecule has 0 bridgehead atoms. The fourth-order valence-electron chi connectivity index (χ4n) is 2.89. The van der Waals surface area contributed by atoms with Crippen molar-refractivity contribution in [1.29, 1.82) is 0 Å². The fourth-order valence-corrected chi connectivity index (χ4v) is 2.89. The van der Waals surface area contributed by atoms with Crippen molar-refractivity contribution in [2.75, 3.05) is 19.7 Å². The SMILES string of the molecule is CCC(C(O)c1ccccc1)N1CCOC(C)(C)C1. The standard InChI is InChI=1S/C16H25NO2/c1-4-14(15(18)13-8-6-5-7-9-13)17-10-11-19-16(2,3)12-17/h5-9,14-15,18H,4,10-12H2,1-3H3. The summed E-state index contributed by atoms with van der Waals surface area (Å²) >= 11 is 0. The first-order valence-electron chi connectivity index (χ1n) is 7.14. The highest BCUT2D eigenvalue weighted by molar-refractivity contribution is 5.19. The zero-order valence-corrected chi connectivity index (χ0v) is 12.2. The minimum atomic E-state index is -0.430. The van der Waals surface area contributed by atoms with Gasteiger partial charge in [-0.25, -0.2) is 0 Å². The van der Waals surface area contributed by atoms with Gasteiger partial charge in [-0.15, -0.1) is 0 Å². The first kappa shape index (κ1) is 14.5. The van der Waals surface area contributed by atoms with Crippen molar-refractivity contribution in [2.45, 2.75) is 44.9 Å². The summed E-state index contributed by atoms with van der Waals surface area (Å²) in [5, 5.41) is 10.6. The summed E-state index contributed by atoms with van der Waals surface area (Å²) in [5.74, 6) is 0. The first-order valence-corrected chi connectivity index (χ1v) is 7.14. The number of aliphatic hydroxyl groups is 1. The summed E-state index contributed by atoms with van der Waals surface area (Å²) in [6, 6.07) is 10.1. The number of ether oxygens (including phenoxy) is 1. The minimum Gasteiger partial charge on any atom is -0.387 e. The van der Waals surface area contributed by atoms with Gasteiger partial charge in [-0.3, -0.25) is 4.90 Å². The molecule has 1 heterocycles. The lowest BCUT2D eigenvalue weighted by Crippen LogP contribution is -2.53. The molecule has 0 aliphatic carbocycles. The van der Waals surface area contributed by atoms with Crippen LogP contribution in [0.1, 0.15) is 38.9 Å². The molecule has 0 saturated carbocycles. The van der Waals surface area contributed by atoms with E-state index in [4.69, 9.17) is 4.74 Å². The zero-order valence-electron chi connectivity index (χ0n) is 12.2. The van der Waals surface area contributed by atoms with Crippen LogP contribution in [0.5, 0.6) is 0 Å². The highest BCUT2D eigenvalue weighted by atomic mass is 16.5. The Kier molecular flexibility index (Phi) is 4.61. The third kappa shape index (κ3) is 3.56. The molecular weight excluding hydrogens is 238 g/mol. The van der Waals surface area contributed by atoms with Crippen LogP contribution in [0.4, 0.5) is 0 Å². The van der Waals surface area contributed by atoms with Crippen LogP contribution in [0.3, 0.4) is 0 Å². The first-order chi connectivity index (χ1) is 9.03. The van der Waals surface area contributed by atoms with Gasteiger partial charge in [0.1, 0.15) is 0 Å². The molecule has 1 aliphatic rings. The summed E-state index contributed by atoms with van der Waals surface area (Å²) in [7, 11) is 0. The molecule has 1 aromatic rings. The topological polar surface area (TPSA) is 32.7 Å². The van der Waals surface area contributed by atoms with Crippen LogP contribution >= 0.6 is 0 Å². The summed E-state index contributed by atoms with van der Waals surface area (Å²) in [4.78, 5) is 2.36. The normalized spacial score (nSPS) is 22.9. The molecule has 3 nitrogen and oxygen atoms in total. The van der Waals surface area contributed by atoms with E-state index in [2.05, 4.69) is 25.7 Å². The molecular formula is C16H25NO2. The third-order valence-corrected chi connectivity index (χ3v) is 3.85. The van der Waals surface area contributed by atoms with Gasteiger partial charge in [-0.1, -0.05) is 37.3 Å². The molecule has 1 aromatic carbocycles. The number of nitrogens with zero attached hydrogens (tertiary/aromatic N) is 1. The molecule has 1 fully saturated rings. The van der Waals surface area contributed by atoms with Crippen LogP contribution < -0.4 is 0 Å². The number of benzene rings is 1.